The Morgan fingerprint density at radius 1 is 0.979 bits per heavy atom. The maximum atomic E-state index is 12.6. The average Bonchev–Trinajstić information content (AvgIpc) is 3.37. The highest BCUT2D eigenvalue weighted by atomic mass is 16.6. The van der Waals surface area contributed by atoms with Gasteiger partial charge in [-0.2, -0.15) is 0 Å². The maximum Gasteiger partial charge on any atom is 0.407 e. The molecule has 4 aliphatic carbocycles. The van der Waals surface area contributed by atoms with Gasteiger partial charge in [0.05, 0.1) is 12.2 Å². The fraction of sp³-hybridized carbons (Fsp3) is 0.763. The van der Waals surface area contributed by atoms with Gasteiger partial charge in [0.1, 0.15) is 24.9 Å². The second-order valence-electron chi connectivity index (χ2n) is 16.5. The van der Waals surface area contributed by atoms with Crippen molar-refractivity contribution in [3.63, 3.8) is 0 Å². The van der Waals surface area contributed by atoms with E-state index in [2.05, 4.69) is 26.1 Å². The quantitative estimate of drug-likeness (QED) is 0.212. The van der Waals surface area contributed by atoms with Crippen LogP contribution in [0.5, 0.6) is 0 Å². The van der Waals surface area contributed by atoms with Crippen molar-refractivity contribution < 1.29 is 38.8 Å². The van der Waals surface area contributed by atoms with Crippen LogP contribution in [-0.4, -0.2) is 58.7 Å². The van der Waals surface area contributed by atoms with Crippen LogP contribution in [0, 0.1) is 46.3 Å². The molecule has 0 aromatic heterocycles. The van der Waals surface area contributed by atoms with E-state index in [1.165, 1.54) is 0 Å². The zero-order chi connectivity index (χ0) is 34.1. The molecule has 3 N–H and O–H groups in total. The molecule has 9 heteroatoms. The molecule has 4 aliphatic rings. The third kappa shape index (κ3) is 7.66. The van der Waals surface area contributed by atoms with Crippen LogP contribution in [0.3, 0.4) is 0 Å². The maximum absolute atomic E-state index is 12.6. The first-order valence-electron chi connectivity index (χ1n) is 17.8. The first-order chi connectivity index (χ1) is 22.1. The van der Waals surface area contributed by atoms with Crippen molar-refractivity contribution in [3.05, 3.63) is 35.9 Å². The van der Waals surface area contributed by atoms with Gasteiger partial charge in [-0.1, -0.05) is 51.1 Å². The number of carbonyl (C=O) groups excluding carboxylic acids is 3. The van der Waals surface area contributed by atoms with Crippen molar-refractivity contribution in [2.45, 2.75) is 130 Å². The Bertz CT molecular complexity index is 1260. The average molecular weight is 656 g/mol. The molecule has 0 aliphatic heterocycles. The number of hydrogen-bond donors (Lipinski definition) is 3. The van der Waals surface area contributed by atoms with Gasteiger partial charge in [0.25, 0.3) is 0 Å². The van der Waals surface area contributed by atoms with E-state index < -0.39 is 29.9 Å². The monoisotopic (exact) mass is 655 g/mol. The lowest BCUT2D eigenvalue weighted by Crippen LogP contribution is -2.62. The molecule has 9 nitrogen and oxygen atoms in total. The summed E-state index contributed by atoms with van der Waals surface area (Å²) in [5.74, 6) is 0.539. The van der Waals surface area contributed by atoms with Crippen molar-refractivity contribution in [2.24, 2.45) is 46.3 Å². The van der Waals surface area contributed by atoms with E-state index in [0.29, 0.717) is 32.1 Å². The molecule has 1 amide bonds. The lowest BCUT2D eigenvalue weighted by Gasteiger charge is -2.63. The number of aliphatic hydroxyl groups is 2. The summed E-state index contributed by atoms with van der Waals surface area (Å²) in [4.78, 5) is 37.2. The predicted octanol–water partition coefficient (Wildman–Crippen LogP) is 6.18. The van der Waals surface area contributed by atoms with Gasteiger partial charge in [0, 0.05) is 6.42 Å². The number of aliphatic hydroxyl groups excluding tert-OH is 2. The van der Waals surface area contributed by atoms with Crippen molar-refractivity contribution in [1.82, 2.24) is 5.32 Å². The van der Waals surface area contributed by atoms with Gasteiger partial charge in [-0.25, -0.2) is 4.79 Å². The van der Waals surface area contributed by atoms with Crippen molar-refractivity contribution in [2.75, 3.05) is 6.54 Å². The van der Waals surface area contributed by atoms with E-state index in [0.717, 1.165) is 31.2 Å². The summed E-state index contributed by atoms with van der Waals surface area (Å²) in [5.41, 5.74) is 0.00262. The highest BCUT2D eigenvalue weighted by Gasteiger charge is 2.65. The second-order valence-corrected chi connectivity index (χ2v) is 16.5. The van der Waals surface area contributed by atoms with Crippen molar-refractivity contribution in [1.29, 1.82) is 0 Å². The minimum absolute atomic E-state index is 0.0653. The molecule has 0 saturated heterocycles. The van der Waals surface area contributed by atoms with Gasteiger partial charge >= 0.3 is 18.0 Å². The number of hydrogen-bond acceptors (Lipinski definition) is 8. The molecule has 0 heterocycles. The van der Waals surface area contributed by atoms with E-state index in [4.69, 9.17) is 14.2 Å². The van der Waals surface area contributed by atoms with Crippen molar-refractivity contribution >= 4 is 18.0 Å². The summed E-state index contributed by atoms with van der Waals surface area (Å²) in [6.45, 7) is 12.3. The first kappa shape index (κ1) is 35.7. The van der Waals surface area contributed by atoms with Gasteiger partial charge in [-0.3, -0.25) is 9.59 Å². The molecule has 1 aromatic carbocycles. The summed E-state index contributed by atoms with van der Waals surface area (Å²) >= 11 is 0. The summed E-state index contributed by atoms with van der Waals surface area (Å²) in [7, 11) is 0. The molecular weight excluding hydrogens is 598 g/mol. The van der Waals surface area contributed by atoms with Crippen molar-refractivity contribution in [3.8, 4) is 0 Å². The molecule has 47 heavy (non-hydrogen) atoms. The van der Waals surface area contributed by atoms with Crippen LogP contribution < -0.4 is 5.32 Å². The highest BCUT2D eigenvalue weighted by molar-refractivity contribution is 5.77. The molecule has 5 rings (SSSR count). The Morgan fingerprint density at radius 3 is 2.40 bits per heavy atom. The lowest BCUT2D eigenvalue weighted by molar-refractivity contribution is -0.207. The molecule has 0 radical (unpaired) electrons. The molecule has 5 unspecified atom stereocenters. The van der Waals surface area contributed by atoms with Gasteiger partial charge < -0.3 is 29.7 Å². The van der Waals surface area contributed by atoms with E-state index >= 15 is 0 Å². The molecule has 0 spiro atoms. The number of fused-ring (bicyclic) bond motifs is 5. The van der Waals surface area contributed by atoms with Crippen LogP contribution in [-0.2, 0) is 30.4 Å². The minimum atomic E-state index is -0.633. The van der Waals surface area contributed by atoms with Crippen LogP contribution in [0.4, 0.5) is 4.79 Å². The van der Waals surface area contributed by atoms with Crippen LogP contribution in [0.2, 0.25) is 0 Å². The van der Waals surface area contributed by atoms with E-state index in [1.54, 1.807) is 0 Å². The number of carbonyl (C=O) groups is 3. The molecule has 262 valence electrons. The Labute approximate surface area is 280 Å². The number of esters is 2. The fourth-order valence-electron chi connectivity index (χ4n) is 10.3. The minimum Gasteiger partial charge on any atom is -0.460 e. The summed E-state index contributed by atoms with van der Waals surface area (Å²) in [6.07, 6.45) is 4.74. The summed E-state index contributed by atoms with van der Waals surface area (Å²) in [6, 6.07) is 9.37. The number of nitrogens with one attached hydrogen (secondary N) is 1. The number of alkyl carbamates (subject to hydrolysis) is 1. The van der Waals surface area contributed by atoms with Gasteiger partial charge in [-0.15, -0.1) is 0 Å². The SMILES string of the molecule is C[C@H](CCC(=O)OC(C)(C)C)C1CCC2C3C(C[C@H](O)[C@@]21C)[C@@]1(C)CC[C@@H](OC(=O)NCC(=O)OCc2ccccc2)CC1C[C@H]3O. The normalized spacial score (nSPS) is 37.0. The third-order valence-electron chi connectivity index (χ3n) is 12.6. The Balaban J connectivity index is 1.15. The zero-order valence-electron chi connectivity index (χ0n) is 29.2. The summed E-state index contributed by atoms with van der Waals surface area (Å²) in [5, 5.41) is 26.2. The zero-order valence-corrected chi connectivity index (χ0v) is 29.2. The summed E-state index contributed by atoms with van der Waals surface area (Å²) < 4.78 is 16.6. The molecular formula is C38H57NO8. The number of benzene rings is 1. The molecule has 1 aromatic rings. The molecule has 4 saturated carbocycles. The van der Waals surface area contributed by atoms with Gasteiger partial charge in [0.2, 0.25) is 0 Å². The Morgan fingerprint density at radius 2 is 1.70 bits per heavy atom. The van der Waals surface area contributed by atoms with Gasteiger partial charge in [0.15, 0.2) is 0 Å². The number of ether oxygens (including phenoxy) is 3. The Kier molecular flexibility index (Phi) is 10.7. The number of rotatable bonds is 9. The first-order valence-corrected chi connectivity index (χ1v) is 17.8. The highest BCUT2D eigenvalue weighted by Crippen LogP contribution is 2.68. The fourth-order valence-corrected chi connectivity index (χ4v) is 10.3. The largest absolute Gasteiger partial charge is 0.460 e. The molecule has 11 atom stereocenters. The third-order valence-corrected chi connectivity index (χ3v) is 12.6. The Hall–Kier alpha value is -2.65. The van der Waals surface area contributed by atoms with E-state index in [9.17, 15) is 24.6 Å². The molecule has 0 bridgehead atoms. The topological polar surface area (TPSA) is 131 Å². The number of amides is 1. The van der Waals surface area contributed by atoms with E-state index in [-0.39, 0.29) is 71.6 Å². The van der Waals surface area contributed by atoms with E-state index in [1.807, 2.05) is 51.1 Å². The van der Waals surface area contributed by atoms with Crippen LogP contribution in [0.25, 0.3) is 0 Å². The smallest absolute Gasteiger partial charge is 0.407 e. The second kappa shape index (κ2) is 14.1. The van der Waals surface area contributed by atoms with Crippen LogP contribution in [0.15, 0.2) is 30.3 Å². The lowest BCUT2D eigenvalue weighted by atomic mass is 9.43. The molecule has 4 fully saturated rings. The standard InChI is InChI=1S/C38H57NO8/c1-23(12-15-32(42)47-36(2,3)4)27-13-14-28-34-29(20-31(41)38(27,28)6)37(5)17-16-26(18-25(37)19-30(34)40)46-35(44)39-21-33(43)45-22-24-10-8-7-9-11-24/h7-11,23,25-31,34,40-41H,12-22H2,1-6H3,(H,39,44)/t23-,25?,26-,27?,28?,29?,30-,31+,34?,37+,38-/m1/s1. The van der Waals surface area contributed by atoms with Gasteiger partial charge in [-0.05, 0) is 124 Å². The van der Waals surface area contributed by atoms with Crippen LogP contribution >= 0.6 is 0 Å². The predicted molar refractivity (Wildman–Crippen MR) is 177 cm³/mol. The van der Waals surface area contributed by atoms with Crippen LogP contribution in [0.1, 0.15) is 105 Å².